The molecule has 0 bridgehead atoms. The molecule has 0 saturated carbocycles. The summed E-state index contributed by atoms with van der Waals surface area (Å²) >= 11 is 0. The van der Waals surface area contributed by atoms with Crippen LogP contribution in [-0.2, 0) is 12.0 Å². The van der Waals surface area contributed by atoms with Crippen molar-refractivity contribution in [2.24, 2.45) is 4.99 Å². The van der Waals surface area contributed by atoms with Gasteiger partial charge in [-0.1, -0.05) is 32.0 Å². The first-order valence-corrected chi connectivity index (χ1v) is 9.05. The van der Waals surface area contributed by atoms with Crippen molar-refractivity contribution in [1.29, 1.82) is 0 Å². The highest BCUT2D eigenvalue weighted by Crippen LogP contribution is 2.19. The predicted molar refractivity (Wildman–Crippen MR) is 102 cm³/mol. The number of nitrogens with zero attached hydrogens (tertiary/aromatic N) is 3. The van der Waals surface area contributed by atoms with Gasteiger partial charge in [-0.05, 0) is 26.0 Å². The van der Waals surface area contributed by atoms with Crippen LogP contribution in [0.25, 0.3) is 0 Å². The van der Waals surface area contributed by atoms with Crippen molar-refractivity contribution in [2.45, 2.75) is 52.7 Å². The number of aliphatic imine (C=N–C) groups is 1. The Morgan fingerprint density at radius 1 is 1.33 bits per heavy atom. The van der Waals surface area contributed by atoms with E-state index in [1.807, 2.05) is 34.6 Å². The second kappa shape index (κ2) is 9.34. The maximum absolute atomic E-state index is 13.2. The van der Waals surface area contributed by atoms with Crippen molar-refractivity contribution in [1.82, 2.24) is 20.8 Å². The van der Waals surface area contributed by atoms with E-state index >= 15 is 0 Å². The van der Waals surface area contributed by atoms with Gasteiger partial charge in [0.2, 0.25) is 5.89 Å². The Bertz CT molecular complexity index is 755. The zero-order valence-corrected chi connectivity index (χ0v) is 16.5. The molecule has 1 heterocycles. The quantitative estimate of drug-likeness (QED) is 0.570. The monoisotopic (exact) mass is 377 g/mol. The third-order valence-electron chi connectivity index (χ3n) is 3.52. The number of aromatic nitrogens is 2. The summed E-state index contributed by atoms with van der Waals surface area (Å²) in [5, 5.41) is 10.3. The van der Waals surface area contributed by atoms with Crippen LogP contribution >= 0.6 is 0 Å². The average molecular weight is 377 g/mol. The molecule has 2 aromatic rings. The second-order valence-corrected chi connectivity index (χ2v) is 7.23. The lowest BCUT2D eigenvalue weighted by atomic mass is 9.97. The molecule has 1 unspecified atom stereocenters. The van der Waals surface area contributed by atoms with Crippen molar-refractivity contribution in [3.63, 3.8) is 0 Å². The Hall–Kier alpha value is -2.64. The van der Waals surface area contributed by atoms with Crippen LogP contribution in [0.1, 0.15) is 46.3 Å². The zero-order chi connectivity index (χ0) is 19.9. The fraction of sp³-hybridized carbons (Fsp3) is 0.526. The summed E-state index contributed by atoms with van der Waals surface area (Å²) < 4.78 is 24.2. The number of guanidine groups is 1. The van der Waals surface area contributed by atoms with E-state index in [2.05, 4.69) is 25.8 Å². The molecular formula is C19H28FN5O2. The molecule has 1 atom stereocenters. The van der Waals surface area contributed by atoms with Gasteiger partial charge in [0, 0.05) is 18.0 Å². The van der Waals surface area contributed by atoms with E-state index in [4.69, 9.17) is 9.26 Å². The molecule has 8 heteroatoms. The molecule has 1 aromatic heterocycles. The first-order valence-electron chi connectivity index (χ1n) is 9.05. The smallest absolute Gasteiger partial charge is 0.232 e. The van der Waals surface area contributed by atoms with Crippen LogP contribution in [0.4, 0.5) is 4.39 Å². The minimum Gasteiger partial charge on any atom is -0.489 e. The Morgan fingerprint density at radius 3 is 2.74 bits per heavy atom. The molecule has 0 spiro atoms. The van der Waals surface area contributed by atoms with Crippen LogP contribution in [-0.4, -0.2) is 35.3 Å². The van der Waals surface area contributed by atoms with Crippen molar-refractivity contribution in [2.75, 3.05) is 13.1 Å². The van der Waals surface area contributed by atoms with Crippen molar-refractivity contribution >= 4 is 5.96 Å². The second-order valence-electron chi connectivity index (χ2n) is 7.23. The van der Waals surface area contributed by atoms with E-state index in [1.54, 1.807) is 12.1 Å². The highest BCUT2D eigenvalue weighted by atomic mass is 19.1. The van der Waals surface area contributed by atoms with Crippen LogP contribution in [0.5, 0.6) is 5.75 Å². The van der Waals surface area contributed by atoms with Gasteiger partial charge in [0.25, 0.3) is 0 Å². The minimum absolute atomic E-state index is 0.173. The topological polar surface area (TPSA) is 84.6 Å². The maximum atomic E-state index is 13.2. The van der Waals surface area contributed by atoms with Crippen molar-refractivity contribution < 1.29 is 13.7 Å². The molecule has 2 N–H and O–H groups in total. The predicted octanol–water partition coefficient (Wildman–Crippen LogP) is 3.03. The van der Waals surface area contributed by atoms with E-state index in [1.165, 1.54) is 12.1 Å². The molecule has 27 heavy (non-hydrogen) atoms. The van der Waals surface area contributed by atoms with Gasteiger partial charge in [0.05, 0.1) is 6.54 Å². The van der Waals surface area contributed by atoms with Gasteiger partial charge >= 0.3 is 0 Å². The summed E-state index contributed by atoms with van der Waals surface area (Å²) in [5.74, 6) is 1.91. The average Bonchev–Trinajstić information content (AvgIpc) is 3.07. The molecule has 0 aliphatic rings. The van der Waals surface area contributed by atoms with Crippen LogP contribution in [0.3, 0.4) is 0 Å². The third kappa shape index (κ3) is 6.88. The summed E-state index contributed by atoms with van der Waals surface area (Å²) in [6, 6.07) is 6.09. The van der Waals surface area contributed by atoms with E-state index in [0.717, 1.165) is 0 Å². The molecule has 1 aromatic carbocycles. The largest absolute Gasteiger partial charge is 0.489 e. The van der Waals surface area contributed by atoms with Crippen LogP contribution in [0.2, 0.25) is 0 Å². The van der Waals surface area contributed by atoms with Crippen LogP contribution < -0.4 is 15.4 Å². The number of benzene rings is 1. The van der Waals surface area contributed by atoms with Gasteiger partial charge in [-0.15, -0.1) is 0 Å². The van der Waals surface area contributed by atoms with Crippen molar-refractivity contribution in [3.8, 4) is 5.75 Å². The van der Waals surface area contributed by atoms with Gasteiger partial charge in [0.1, 0.15) is 24.2 Å². The normalized spacial score (nSPS) is 13.3. The lowest BCUT2D eigenvalue weighted by Crippen LogP contribution is -2.41. The number of halogens is 1. The van der Waals surface area contributed by atoms with E-state index in [0.29, 0.717) is 43.1 Å². The summed E-state index contributed by atoms with van der Waals surface area (Å²) in [4.78, 5) is 8.84. The first kappa shape index (κ1) is 20.7. The molecule has 0 aliphatic heterocycles. The van der Waals surface area contributed by atoms with Gasteiger partial charge in [-0.2, -0.15) is 4.98 Å². The zero-order valence-electron chi connectivity index (χ0n) is 16.5. The van der Waals surface area contributed by atoms with Crippen molar-refractivity contribution in [3.05, 3.63) is 41.8 Å². The summed E-state index contributed by atoms with van der Waals surface area (Å²) in [7, 11) is 0. The fourth-order valence-corrected chi connectivity index (χ4v) is 2.17. The summed E-state index contributed by atoms with van der Waals surface area (Å²) in [5.41, 5.74) is -0.193. The number of hydrogen-bond acceptors (Lipinski definition) is 5. The SMILES string of the molecule is CCNC(=NCc1noc(C(C)(C)C)n1)NCC(C)Oc1cccc(F)c1. The van der Waals surface area contributed by atoms with Crippen LogP contribution in [0.15, 0.2) is 33.8 Å². The Morgan fingerprint density at radius 2 is 2.11 bits per heavy atom. The number of nitrogens with one attached hydrogen (secondary N) is 2. The minimum atomic E-state index is -0.322. The molecule has 7 nitrogen and oxygen atoms in total. The molecule has 148 valence electrons. The molecule has 0 aliphatic carbocycles. The number of ether oxygens (including phenoxy) is 1. The lowest BCUT2D eigenvalue weighted by Gasteiger charge is -2.17. The molecular weight excluding hydrogens is 349 g/mol. The Labute approximate surface area is 159 Å². The van der Waals surface area contributed by atoms with Gasteiger partial charge < -0.3 is 19.9 Å². The van der Waals surface area contributed by atoms with Gasteiger partial charge in [-0.3, -0.25) is 0 Å². The standard InChI is InChI=1S/C19H28FN5O2/c1-6-21-18(23-12-16-24-17(27-25-16)19(3,4)5)22-11-13(2)26-15-9-7-8-14(20)10-15/h7-10,13H,6,11-12H2,1-5H3,(H2,21,22,23). The molecule has 0 fully saturated rings. The maximum Gasteiger partial charge on any atom is 0.232 e. The molecule has 2 rings (SSSR count). The highest BCUT2D eigenvalue weighted by molar-refractivity contribution is 5.79. The van der Waals surface area contributed by atoms with Gasteiger partial charge in [-0.25, -0.2) is 9.38 Å². The summed E-state index contributed by atoms with van der Waals surface area (Å²) in [6.45, 7) is 11.4. The Kier molecular flexibility index (Phi) is 7.15. The van der Waals surface area contributed by atoms with Gasteiger partial charge in [0.15, 0.2) is 11.8 Å². The molecule has 0 amide bonds. The lowest BCUT2D eigenvalue weighted by molar-refractivity contribution is 0.223. The first-order chi connectivity index (χ1) is 12.8. The third-order valence-corrected chi connectivity index (χ3v) is 3.52. The number of rotatable bonds is 7. The number of hydrogen-bond donors (Lipinski definition) is 2. The molecule has 0 radical (unpaired) electrons. The van der Waals surface area contributed by atoms with E-state index < -0.39 is 0 Å². The Balaban J connectivity index is 1.90. The highest BCUT2D eigenvalue weighted by Gasteiger charge is 2.21. The molecule has 0 saturated heterocycles. The van der Waals surface area contributed by atoms with E-state index in [9.17, 15) is 4.39 Å². The fourth-order valence-electron chi connectivity index (χ4n) is 2.17. The van der Waals surface area contributed by atoms with Crippen LogP contribution in [0, 0.1) is 5.82 Å². The van der Waals surface area contributed by atoms with E-state index in [-0.39, 0.29) is 17.3 Å². The summed E-state index contributed by atoms with van der Waals surface area (Å²) in [6.07, 6.45) is -0.173.